The van der Waals surface area contributed by atoms with Gasteiger partial charge in [0.2, 0.25) is 10.0 Å². The minimum Gasteiger partial charge on any atom is -0.381 e. The molecule has 0 aliphatic rings. The highest BCUT2D eigenvalue weighted by Gasteiger charge is 2.10. The molecule has 2 N–H and O–H groups in total. The van der Waals surface area contributed by atoms with Gasteiger partial charge in [-0.3, -0.25) is 4.68 Å². The van der Waals surface area contributed by atoms with Crippen molar-refractivity contribution in [3.63, 3.8) is 0 Å². The average Bonchev–Trinajstić information content (AvgIpc) is 2.85. The summed E-state index contributed by atoms with van der Waals surface area (Å²) >= 11 is 0. The fraction of sp³-hybridized carbons (Fsp3) is 0.357. The van der Waals surface area contributed by atoms with Crippen LogP contribution in [-0.4, -0.2) is 25.2 Å². The van der Waals surface area contributed by atoms with Crippen molar-refractivity contribution in [1.29, 1.82) is 0 Å². The van der Waals surface area contributed by atoms with Gasteiger partial charge in [-0.2, -0.15) is 5.10 Å². The van der Waals surface area contributed by atoms with E-state index in [4.69, 9.17) is 0 Å². The first-order valence-electron chi connectivity index (χ1n) is 6.75. The fourth-order valence-corrected chi connectivity index (χ4v) is 2.83. The first-order chi connectivity index (χ1) is 9.96. The second-order valence-electron chi connectivity index (χ2n) is 4.71. The summed E-state index contributed by atoms with van der Waals surface area (Å²) in [5.74, 6) is 0. The number of benzene rings is 1. The third kappa shape index (κ3) is 3.62. The number of hydrogen-bond donors (Lipinski definition) is 2. The van der Waals surface area contributed by atoms with Crippen molar-refractivity contribution in [3.05, 3.63) is 41.7 Å². The third-order valence-electron chi connectivity index (χ3n) is 3.24. The van der Waals surface area contributed by atoms with Gasteiger partial charge >= 0.3 is 0 Å². The highest BCUT2D eigenvalue weighted by molar-refractivity contribution is 7.89. The smallest absolute Gasteiger partial charge is 0.240 e. The summed E-state index contributed by atoms with van der Waals surface area (Å²) in [6, 6.07) is 6.68. The number of rotatable bonds is 6. The Morgan fingerprint density at radius 3 is 2.48 bits per heavy atom. The van der Waals surface area contributed by atoms with Crippen molar-refractivity contribution in [3.8, 4) is 0 Å². The molecule has 0 spiro atoms. The Labute approximate surface area is 125 Å². The van der Waals surface area contributed by atoms with E-state index in [2.05, 4.69) is 22.1 Å². The van der Waals surface area contributed by atoms with Gasteiger partial charge < -0.3 is 5.32 Å². The Morgan fingerprint density at radius 2 is 1.90 bits per heavy atom. The fourth-order valence-electron chi connectivity index (χ4n) is 2.10. The molecular weight excluding hydrogens is 288 g/mol. The molecular formula is C14H20N4O2S. The van der Waals surface area contributed by atoms with Crippen LogP contribution < -0.4 is 10.0 Å². The minimum atomic E-state index is -3.38. The molecule has 0 saturated carbocycles. The van der Waals surface area contributed by atoms with E-state index in [1.807, 2.05) is 13.2 Å². The second kappa shape index (κ2) is 6.28. The molecule has 0 aliphatic heterocycles. The summed E-state index contributed by atoms with van der Waals surface area (Å²) in [7, 11) is -0.0787. The summed E-state index contributed by atoms with van der Waals surface area (Å²) < 4.78 is 27.4. The van der Waals surface area contributed by atoms with E-state index in [1.54, 1.807) is 28.9 Å². The molecule has 1 aromatic carbocycles. The van der Waals surface area contributed by atoms with Gasteiger partial charge in [0.15, 0.2) is 0 Å². The topological polar surface area (TPSA) is 76.0 Å². The first-order valence-corrected chi connectivity index (χ1v) is 8.23. The highest BCUT2D eigenvalue weighted by Crippen LogP contribution is 2.15. The van der Waals surface area contributed by atoms with Gasteiger partial charge in [0, 0.05) is 31.0 Å². The first kappa shape index (κ1) is 15.5. The van der Waals surface area contributed by atoms with Crippen molar-refractivity contribution >= 4 is 15.7 Å². The van der Waals surface area contributed by atoms with E-state index in [0.717, 1.165) is 23.4 Å². The SMILES string of the molecule is CCc1nn(C)cc1CNc1ccc(S(=O)(=O)NC)cc1. The van der Waals surface area contributed by atoms with Crippen LogP contribution in [-0.2, 0) is 30.0 Å². The Hall–Kier alpha value is -1.86. The number of hydrogen-bond acceptors (Lipinski definition) is 4. The van der Waals surface area contributed by atoms with Crippen molar-refractivity contribution < 1.29 is 8.42 Å². The molecule has 0 saturated heterocycles. The molecule has 2 rings (SSSR count). The number of nitrogens with zero attached hydrogens (tertiary/aromatic N) is 2. The van der Waals surface area contributed by atoms with E-state index in [-0.39, 0.29) is 4.90 Å². The standard InChI is InChI=1S/C14H20N4O2S/c1-4-14-11(10-18(3)17-14)9-16-12-5-7-13(8-6-12)21(19,20)15-2/h5-8,10,15-16H,4,9H2,1-3H3. The molecule has 1 aromatic heterocycles. The lowest BCUT2D eigenvalue weighted by atomic mass is 10.2. The lowest BCUT2D eigenvalue weighted by molar-refractivity contribution is 0.588. The summed E-state index contributed by atoms with van der Waals surface area (Å²) in [6.07, 6.45) is 2.88. The molecule has 114 valence electrons. The largest absolute Gasteiger partial charge is 0.381 e. The predicted octanol–water partition coefficient (Wildman–Crippen LogP) is 1.50. The molecule has 21 heavy (non-hydrogen) atoms. The second-order valence-corrected chi connectivity index (χ2v) is 6.60. The maximum Gasteiger partial charge on any atom is 0.240 e. The van der Waals surface area contributed by atoms with Crippen molar-refractivity contribution in [2.24, 2.45) is 7.05 Å². The minimum absolute atomic E-state index is 0.256. The Kier molecular flexibility index (Phi) is 4.64. The van der Waals surface area contributed by atoms with Crippen LogP contribution in [0.25, 0.3) is 0 Å². The molecule has 2 aromatic rings. The van der Waals surface area contributed by atoms with Crippen LogP contribution in [0.15, 0.2) is 35.4 Å². The lowest BCUT2D eigenvalue weighted by Gasteiger charge is -2.07. The quantitative estimate of drug-likeness (QED) is 0.848. The Balaban J connectivity index is 2.07. The van der Waals surface area contributed by atoms with Crippen LogP contribution in [0.1, 0.15) is 18.2 Å². The van der Waals surface area contributed by atoms with E-state index in [0.29, 0.717) is 6.54 Å². The van der Waals surface area contributed by atoms with Gasteiger partial charge in [-0.1, -0.05) is 6.92 Å². The van der Waals surface area contributed by atoms with E-state index in [9.17, 15) is 8.42 Å². The van der Waals surface area contributed by atoms with Crippen LogP contribution >= 0.6 is 0 Å². The highest BCUT2D eigenvalue weighted by atomic mass is 32.2. The maximum absolute atomic E-state index is 11.6. The third-order valence-corrected chi connectivity index (χ3v) is 4.67. The molecule has 6 nitrogen and oxygen atoms in total. The van der Waals surface area contributed by atoms with Crippen LogP contribution in [0, 0.1) is 0 Å². The zero-order valence-corrected chi connectivity index (χ0v) is 13.2. The summed E-state index contributed by atoms with van der Waals surface area (Å²) in [4.78, 5) is 0.256. The van der Waals surface area contributed by atoms with Gasteiger partial charge in [-0.05, 0) is 37.7 Å². The summed E-state index contributed by atoms with van der Waals surface area (Å²) in [5, 5.41) is 7.67. The van der Waals surface area contributed by atoms with Crippen LogP contribution in [0.3, 0.4) is 0 Å². The molecule has 0 radical (unpaired) electrons. The maximum atomic E-state index is 11.6. The number of aromatic nitrogens is 2. The van der Waals surface area contributed by atoms with Gasteiger partial charge in [0.25, 0.3) is 0 Å². The van der Waals surface area contributed by atoms with Gasteiger partial charge in [-0.25, -0.2) is 13.1 Å². The monoisotopic (exact) mass is 308 g/mol. The van der Waals surface area contributed by atoms with Crippen LogP contribution in [0.2, 0.25) is 0 Å². The van der Waals surface area contributed by atoms with Crippen molar-refractivity contribution in [2.75, 3.05) is 12.4 Å². The molecule has 0 bridgehead atoms. The van der Waals surface area contributed by atoms with Crippen LogP contribution in [0.4, 0.5) is 5.69 Å². The molecule has 7 heteroatoms. The van der Waals surface area contributed by atoms with Gasteiger partial charge in [0.05, 0.1) is 10.6 Å². The zero-order chi connectivity index (χ0) is 15.5. The molecule has 0 atom stereocenters. The summed E-state index contributed by atoms with van der Waals surface area (Å²) in [5.41, 5.74) is 3.09. The van der Waals surface area contributed by atoms with Gasteiger partial charge in [-0.15, -0.1) is 0 Å². The molecule has 0 fully saturated rings. The predicted molar refractivity (Wildman–Crippen MR) is 82.6 cm³/mol. The van der Waals surface area contributed by atoms with E-state index in [1.165, 1.54) is 7.05 Å². The molecule has 0 unspecified atom stereocenters. The normalized spacial score (nSPS) is 11.6. The number of aryl methyl sites for hydroxylation is 2. The van der Waals surface area contributed by atoms with Crippen LogP contribution in [0.5, 0.6) is 0 Å². The number of nitrogens with one attached hydrogen (secondary N) is 2. The van der Waals surface area contributed by atoms with E-state index < -0.39 is 10.0 Å². The zero-order valence-electron chi connectivity index (χ0n) is 12.4. The molecule has 1 heterocycles. The number of anilines is 1. The Bertz CT molecular complexity index is 705. The lowest BCUT2D eigenvalue weighted by Crippen LogP contribution is -2.18. The van der Waals surface area contributed by atoms with E-state index >= 15 is 0 Å². The van der Waals surface area contributed by atoms with Crippen molar-refractivity contribution in [1.82, 2.24) is 14.5 Å². The Morgan fingerprint density at radius 1 is 1.24 bits per heavy atom. The molecule has 0 amide bonds. The average molecular weight is 308 g/mol. The molecule has 0 aliphatic carbocycles. The number of sulfonamides is 1. The van der Waals surface area contributed by atoms with Crippen molar-refractivity contribution in [2.45, 2.75) is 24.8 Å². The van der Waals surface area contributed by atoms with Gasteiger partial charge in [0.1, 0.15) is 0 Å². The summed E-state index contributed by atoms with van der Waals surface area (Å²) in [6.45, 7) is 2.73.